The SMILES string of the molecule is CCC(C)OC(=O)Cc1sc(-c2ccc(C(F)(F)F)cc2)nc1C. The third kappa shape index (κ3) is 4.56. The second-order valence-electron chi connectivity index (χ2n) is 5.49. The van der Waals surface area contributed by atoms with Gasteiger partial charge >= 0.3 is 12.1 Å². The zero-order valence-corrected chi connectivity index (χ0v) is 14.4. The molecule has 0 amide bonds. The van der Waals surface area contributed by atoms with E-state index in [2.05, 4.69) is 4.98 Å². The molecule has 1 atom stereocenters. The maximum Gasteiger partial charge on any atom is 0.416 e. The lowest BCUT2D eigenvalue weighted by Crippen LogP contribution is -2.15. The van der Waals surface area contributed by atoms with E-state index in [-0.39, 0.29) is 18.5 Å². The van der Waals surface area contributed by atoms with Crippen LogP contribution < -0.4 is 0 Å². The van der Waals surface area contributed by atoms with Crippen molar-refractivity contribution in [2.45, 2.75) is 45.9 Å². The van der Waals surface area contributed by atoms with Crippen molar-refractivity contribution in [2.24, 2.45) is 0 Å². The summed E-state index contributed by atoms with van der Waals surface area (Å²) in [4.78, 5) is 17.0. The van der Waals surface area contributed by atoms with E-state index in [9.17, 15) is 18.0 Å². The van der Waals surface area contributed by atoms with E-state index in [1.54, 1.807) is 6.92 Å². The molecule has 0 radical (unpaired) electrons. The Hall–Kier alpha value is -1.89. The Morgan fingerprint density at radius 3 is 2.46 bits per heavy atom. The van der Waals surface area contributed by atoms with Crippen molar-refractivity contribution in [1.29, 1.82) is 0 Å². The van der Waals surface area contributed by atoms with Gasteiger partial charge in [-0.2, -0.15) is 13.2 Å². The van der Waals surface area contributed by atoms with E-state index >= 15 is 0 Å². The van der Waals surface area contributed by atoms with Gasteiger partial charge in [-0.3, -0.25) is 4.79 Å². The molecule has 1 unspecified atom stereocenters. The normalized spacial score (nSPS) is 12.9. The fourth-order valence-electron chi connectivity index (χ4n) is 2.00. The number of carbonyl (C=O) groups excluding carboxylic acids is 1. The molecule has 1 heterocycles. The Morgan fingerprint density at radius 2 is 1.92 bits per heavy atom. The molecule has 0 saturated carbocycles. The summed E-state index contributed by atoms with van der Waals surface area (Å²) in [5, 5.41) is 0.590. The zero-order valence-electron chi connectivity index (χ0n) is 13.6. The molecule has 1 aromatic carbocycles. The van der Waals surface area contributed by atoms with Crippen LogP contribution in [0.1, 0.15) is 36.4 Å². The molecular formula is C17H18F3NO2S. The zero-order chi connectivity index (χ0) is 17.9. The molecule has 0 aliphatic rings. The first-order valence-electron chi connectivity index (χ1n) is 7.54. The van der Waals surface area contributed by atoms with Crippen molar-refractivity contribution in [1.82, 2.24) is 4.98 Å². The largest absolute Gasteiger partial charge is 0.462 e. The van der Waals surface area contributed by atoms with Gasteiger partial charge in [0.25, 0.3) is 0 Å². The second kappa shape index (κ2) is 7.34. The molecule has 0 bridgehead atoms. The Labute approximate surface area is 142 Å². The lowest BCUT2D eigenvalue weighted by atomic mass is 10.1. The van der Waals surface area contributed by atoms with Crippen LogP contribution >= 0.6 is 11.3 Å². The number of rotatable bonds is 5. The van der Waals surface area contributed by atoms with Crippen LogP contribution in [0.15, 0.2) is 24.3 Å². The van der Waals surface area contributed by atoms with E-state index in [4.69, 9.17) is 4.74 Å². The van der Waals surface area contributed by atoms with Gasteiger partial charge in [0.15, 0.2) is 0 Å². The number of esters is 1. The van der Waals surface area contributed by atoms with Crippen LogP contribution in [-0.2, 0) is 22.1 Å². The second-order valence-corrected chi connectivity index (χ2v) is 6.57. The van der Waals surface area contributed by atoms with Gasteiger partial charge in [-0.05, 0) is 32.4 Å². The average Bonchev–Trinajstić information content (AvgIpc) is 2.87. The molecular weight excluding hydrogens is 339 g/mol. The van der Waals surface area contributed by atoms with Crippen LogP contribution in [0.25, 0.3) is 10.6 Å². The molecule has 2 aromatic rings. The highest BCUT2D eigenvalue weighted by Crippen LogP contribution is 2.33. The molecule has 130 valence electrons. The van der Waals surface area contributed by atoms with Crippen LogP contribution in [0, 0.1) is 6.92 Å². The molecule has 7 heteroatoms. The van der Waals surface area contributed by atoms with E-state index in [1.807, 2.05) is 13.8 Å². The Morgan fingerprint density at radius 1 is 1.29 bits per heavy atom. The van der Waals surface area contributed by atoms with Crippen LogP contribution in [0.4, 0.5) is 13.2 Å². The van der Waals surface area contributed by atoms with Crippen LogP contribution in [0.2, 0.25) is 0 Å². The third-order valence-corrected chi connectivity index (χ3v) is 4.77. The maximum atomic E-state index is 12.6. The smallest absolute Gasteiger partial charge is 0.416 e. The van der Waals surface area contributed by atoms with Gasteiger partial charge in [-0.15, -0.1) is 11.3 Å². The molecule has 24 heavy (non-hydrogen) atoms. The van der Waals surface area contributed by atoms with Gasteiger partial charge in [0, 0.05) is 10.4 Å². The first kappa shape index (κ1) is 18.4. The summed E-state index contributed by atoms with van der Waals surface area (Å²) in [7, 11) is 0. The molecule has 3 nitrogen and oxygen atoms in total. The fourth-order valence-corrected chi connectivity index (χ4v) is 3.05. The molecule has 2 rings (SSSR count). The van der Waals surface area contributed by atoms with Crippen LogP contribution in [-0.4, -0.2) is 17.1 Å². The molecule has 0 spiro atoms. The monoisotopic (exact) mass is 357 g/mol. The van der Waals surface area contributed by atoms with Gasteiger partial charge in [0.1, 0.15) is 5.01 Å². The predicted octanol–water partition coefficient (Wildman–Crippen LogP) is 5.02. The Bertz CT molecular complexity index is 708. The predicted molar refractivity (Wildman–Crippen MR) is 86.8 cm³/mol. The standard InChI is InChI=1S/C17H18F3NO2S/c1-4-10(2)23-15(22)9-14-11(3)21-16(24-14)12-5-7-13(8-6-12)17(18,19)20/h5-8,10H,4,9H2,1-3H3. The molecule has 0 saturated heterocycles. The van der Waals surface area contributed by atoms with Crippen molar-refractivity contribution in [2.75, 3.05) is 0 Å². The minimum atomic E-state index is -4.36. The Kier molecular flexibility index (Phi) is 5.64. The van der Waals surface area contributed by atoms with Gasteiger partial charge < -0.3 is 4.74 Å². The molecule has 0 fully saturated rings. The number of hydrogen-bond donors (Lipinski definition) is 0. The topological polar surface area (TPSA) is 39.2 Å². The number of carbonyl (C=O) groups is 1. The van der Waals surface area contributed by atoms with Crippen LogP contribution in [0.3, 0.4) is 0 Å². The molecule has 0 N–H and O–H groups in total. The van der Waals surface area contributed by atoms with E-state index < -0.39 is 11.7 Å². The fraction of sp³-hybridized carbons (Fsp3) is 0.412. The summed E-state index contributed by atoms with van der Waals surface area (Å²) in [6.45, 7) is 5.53. The number of aryl methyl sites for hydroxylation is 1. The third-order valence-electron chi connectivity index (χ3n) is 3.56. The van der Waals surface area contributed by atoms with Gasteiger partial charge in [0.2, 0.25) is 0 Å². The molecule has 1 aromatic heterocycles. The summed E-state index contributed by atoms with van der Waals surface area (Å²) >= 11 is 1.30. The summed E-state index contributed by atoms with van der Waals surface area (Å²) in [5.74, 6) is -0.324. The number of benzene rings is 1. The number of ether oxygens (including phenoxy) is 1. The van der Waals surface area contributed by atoms with E-state index in [0.717, 1.165) is 23.4 Å². The Balaban J connectivity index is 2.15. The molecule has 0 aliphatic carbocycles. The quantitative estimate of drug-likeness (QED) is 0.705. The van der Waals surface area contributed by atoms with Gasteiger partial charge in [0.05, 0.1) is 23.8 Å². The number of aromatic nitrogens is 1. The first-order chi connectivity index (χ1) is 11.2. The number of halogens is 3. The highest BCUT2D eigenvalue weighted by Gasteiger charge is 2.30. The van der Waals surface area contributed by atoms with E-state index in [0.29, 0.717) is 16.3 Å². The lowest BCUT2D eigenvalue weighted by molar-refractivity contribution is -0.147. The lowest BCUT2D eigenvalue weighted by Gasteiger charge is -2.09. The highest BCUT2D eigenvalue weighted by molar-refractivity contribution is 7.15. The van der Waals surface area contributed by atoms with Crippen molar-refractivity contribution in [3.8, 4) is 10.6 Å². The number of thiazole rings is 1. The first-order valence-corrected chi connectivity index (χ1v) is 8.35. The number of alkyl halides is 3. The van der Waals surface area contributed by atoms with Crippen molar-refractivity contribution in [3.63, 3.8) is 0 Å². The number of nitrogens with zero attached hydrogens (tertiary/aromatic N) is 1. The summed E-state index contributed by atoms with van der Waals surface area (Å²) in [6, 6.07) is 4.84. The minimum Gasteiger partial charge on any atom is -0.462 e. The number of hydrogen-bond acceptors (Lipinski definition) is 4. The summed E-state index contributed by atoms with van der Waals surface area (Å²) < 4.78 is 43.0. The van der Waals surface area contributed by atoms with Crippen molar-refractivity contribution in [3.05, 3.63) is 40.4 Å². The maximum absolute atomic E-state index is 12.6. The molecule has 0 aliphatic heterocycles. The van der Waals surface area contributed by atoms with Gasteiger partial charge in [-0.25, -0.2) is 4.98 Å². The summed E-state index contributed by atoms with van der Waals surface area (Å²) in [6.07, 6.45) is -3.64. The average molecular weight is 357 g/mol. The van der Waals surface area contributed by atoms with Gasteiger partial charge in [-0.1, -0.05) is 19.1 Å². The van der Waals surface area contributed by atoms with Crippen molar-refractivity contribution < 1.29 is 22.7 Å². The summed E-state index contributed by atoms with van der Waals surface area (Å²) in [5.41, 5.74) is 0.588. The minimum absolute atomic E-state index is 0.120. The van der Waals surface area contributed by atoms with Crippen LogP contribution in [0.5, 0.6) is 0 Å². The van der Waals surface area contributed by atoms with Crippen molar-refractivity contribution >= 4 is 17.3 Å². The highest BCUT2D eigenvalue weighted by atomic mass is 32.1. The van der Waals surface area contributed by atoms with E-state index in [1.165, 1.54) is 23.5 Å².